The number of hydrogen-bond donors (Lipinski definition) is 2. The van der Waals surface area contributed by atoms with E-state index in [0.717, 1.165) is 45.5 Å². The number of amides is 2. The van der Waals surface area contributed by atoms with E-state index in [1.165, 1.54) is 11.1 Å². The first-order valence-corrected chi connectivity index (χ1v) is 11.3. The number of urea groups is 1. The summed E-state index contributed by atoms with van der Waals surface area (Å²) in [4.78, 5) is 23.7. The maximum Gasteiger partial charge on any atom is 0.326 e. The van der Waals surface area contributed by atoms with E-state index in [1.54, 1.807) is 6.33 Å². The molecule has 0 bridgehead atoms. The number of nitrogens with zero attached hydrogens (tertiary/aromatic N) is 4. The van der Waals surface area contributed by atoms with Gasteiger partial charge in [0.1, 0.15) is 12.1 Å². The fourth-order valence-corrected chi connectivity index (χ4v) is 4.64. The second-order valence-electron chi connectivity index (χ2n) is 8.59. The molecule has 168 valence electrons. The molecule has 3 heterocycles. The lowest BCUT2D eigenvalue weighted by Crippen LogP contribution is -2.33. The molecule has 0 unspecified atom stereocenters. The number of rotatable bonds is 4. The quantitative estimate of drug-likeness (QED) is 0.390. The molecule has 0 radical (unpaired) electrons. The van der Waals surface area contributed by atoms with Crippen molar-refractivity contribution in [3.05, 3.63) is 90.4 Å². The maximum absolute atomic E-state index is 13.1. The zero-order chi connectivity index (χ0) is 23.1. The molecular formula is C27H24N6O. The molecule has 2 N–H and O–H groups in total. The highest BCUT2D eigenvalue weighted by atomic mass is 16.2. The number of aryl methyl sites for hydroxylation is 1. The first-order valence-electron chi connectivity index (χ1n) is 11.3. The fraction of sp³-hybridized carbons (Fsp3) is 0.148. The molecule has 0 saturated carbocycles. The standard InChI is InChI=1S/C27H24N6O/c1-32-11-9-19-15-25-20(14-24(19)32)10-12-33(25)27(34)31-21-6-4-5-18(13-21)16-28-26-22-7-2-3-8-23(22)29-17-30-26/h2-9,11,13-15,17H,10,12,16H2,1H3,(H,31,34)(H,28,29,30). The maximum atomic E-state index is 13.1. The summed E-state index contributed by atoms with van der Waals surface area (Å²) >= 11 is 0. The monoisotopic (exact) mass is 448 g/mol. The van der Waals surface area contributed by atoms with Gasteiger partial charge in [0, 0.05) is 54.0 Å². The van der Waals surface area contributed by atoms with Crippen LogP contribution in [0.25, 0.3) is 21.8 Å². The number of carbonyl (C=O) groups is 1. The molecule has 0 fully saturated rings. The summed E-state index contributed by atoms with van der Waals surface area (Å²) in [5, 5.41) is 8.60. The molecule has 0 aliphatic carbocycles. The van der Waals surface area contributed by atoms with Gasteiger partial charge in [-0.15, -0.1) is 0 Å². The lowest BCUT2D eigenvalue weighted by atomic mass is 10.1. The average molecular weight is 449 g/mol. The Balaban J connectivity index is 1.17. The Labute approximate surface area is 197 Å². The molecule has 0 saturated heterocycles. The summed E-state index contributed by atoms with van der Waals surface area (Å²) in [6.07, 6.45) is 4.48. The van der Waals surface area contributed by atoms with Crippen LogP contribution in [-0.2, 0) is 20.0 Å². The van der Waals surface area contributed by atoms with Crippen LogP contribution in [0.2, 0.25) is 0 Å². The largest absolute Gasteiger partial charge is 0.365 e. The minimum atomic E-state index is -0.110. The molecule has 1 aliphatic heterocycles. The number of aromatic nitrogens is 3. The third-order valence-electron chi connectivity index (χ3n) is 6.41. The van der Waals surface area contributed by atoms with Crippen molar-refractivity contribution in [3.63, 3.8) is 0 Å². The van der Waals surface area contributed by atoms with Crippen LogP contribution in [0.5, 0.6) is 0 Å². The molecule has 6 rings (SSSR count). The normalized spacial score (nSPS) is 12.8. The molecule has 34 heavy (non-hydrogen) atoms. The first-order chi connectivity index (χ1) is 16.7. The van der Waals surface area contributed by atoms with Crippen LogP contribution in [0.3, 0.4) is 0 Å². The highest BCUT2D eigenvalue weighted by molar-refractivity contribution is 6.04. The van der Waals surface area contributed by atoms with Crippen molar-refractivity contribution in [2.45, 2.75) is 13.0 Å². The first kappa shape index (κ1) is 20.2. The van der Waals surface area contributed by atoms with Crippen molar-refractivity contribution in [3.8, 4) is 0 Å². The molecule has 1 aliphatic rings. The van der Waals surface area contributed by atoms with Crippen LogP contribution >= 0.6 is 0 Å². The number of hydrogen-bond acceptors (Lipinski definition) is 4. The van der Waals surface area contributed by atoms with Gasteiger partial charge >= 0.3 is 6.03 Å². The highest BCUT2D eigenvalue weighted by Gasteiger charge is 2.25. The minimum absolute atomic E-state index is 0.110. The van der Waals surface area contributed by atoms with Crippen molar-refractivity contribution in [1.29, 1.82) is 0 Å². The molecule has 7 nitrogen and oxygen atoms in total. The number of para-hydroxylation sites is 1. The number of benzene rings is 3. The predicted molar refractivity (Wildman–Crippen MR) is 136 cm³/mol. The Bertz CT molecular complexity index is 1530. The van der Waals surface area contributed by atoms with E-state index in [1.807, 2.05) is 66.7 Å². The Morgan fingerprint density at radius 3 is 2.88 bits per heavy atom. The Morgan fingerprint density at radius 2 is 1.94 bits per heavy atom. The SMILES string of the molecule is Cn1ccc2cc3c(cc21)CCN3C(=O)Nc1cccc(CNc2ncnc3ccccc23)c1. The van der Waals surface area contributed by atoms with Crippen LogP contribution in [0, 0.1) is 0 Å². The summed E-state index contributed by atoms with van der Waals surface area (Å²) in [7, 11) is 2.04. The number of carbonyl (C=O) groups excluding carboxylic acids is 1. The van der Waals surface area contributed by atoms with Gasteiger partial charge in [-0.05, 0) is 60.0 Å². The minimum Gasteiger partial charge on any atom is -0.365 e. The number of nitrogens with one attached hydrogen (secondary N) is 2. The van der Waals surface area contributed by atoms with Crippen molar-refractivity contribution in [2.24, 2.45) is 7.05 Å². The van der Waals surface area contributed by atoms with E-state index < -0.39 is 0 Å². The van der Waals surface area contributed by atoms with Crippen molar-refractivity contribution < 1.29 is 4.79 Å². The van der Waals surface area contributed by atoms with E-state index in [-0.39, 0.29) is 6.03 Å². The zero-order valence-corrected chi connectivity index (χ0v) is 18.8. The number of fused-ring (bicyclic) bond motifs is 3. The molecule has 2 aromatic heterocycles. The van der Waals surface area contributed by atoms with Gasteiger partial charge in [0.25, 0.3) is 0 Å². The third-order valence-corrected chi connectivity index (χ3v) is 6.41. The Morgan fingerprint density at radius 1 is 1.03 bits per heavy atom. The van der Waals surface area contributed by atoms with E-state index in [0.29, 0.717) is 13.1 Å². The summed E-state index contributed by atoms with van der Waals surface area (Å²) in [6, 6.07) is 22.1. The molecular weight excluding hydrogens is 424 g/mol. The van der Waals surface area contributed by atoms with Crippen LogP contribution < -0.4 is 15.5 Å². The smallest absolute Gasteiger partial charge is 0.326 e. The molecule has 0 atom stereocenters. The number of anilines is 3. The van der Waals surface area contributed by atoms with Crippen molar-refractivity contribution in [1.82, 2.24) is 14.5 Å². The van der Waals surface area contributed by atoms with E-state index >= 15 is 0 Å². The topological polar surface area (TPSA) is 75.1 Å². The fourth-order valence-electron chi connectivity index (χ4n) is 4.64. The van der Waals surface area contributed by atoms with Gasteiger partial charge in [-0.3, -0.25) is 4.90 Å². The van der Waals surface area contributed by atoms with Crippen LogP contribution in [0.15, 0.2) is 79.3 Å². The van der Waals surface area contributed by atoms with E-state index in [4.69, 9.17) is 0 Å². The van der Waals surface area contributed by atoms with Gasteiger partial charge in [-0.25, -0.2) is 14.8 Å². The molecule has 2 amide bonds. The molecule has 0 spiro atoms. The van der Waals surface area contributed by atoms with Crippen molar-refractivity contribution >= 4 is 45.0 Å². The van der Waals surface area contributed by atoms with Crippen LogP contribution in [0.4, 0.5) is 22.0 Å². The van der Waals surface area contributed by atoms with E-state index in [2.05, 4.69) is 43.4 Å². The molecule has 5 aromatic rings. The van der Waals surface area contributed by atoms with Gasteiger partial charge in [0.2, 0.25) is 0 Å². The summed E-state index contributed by atoms with van der Waals surface area (Å²) in [6.45, 7) is 1.27. The van der Waals surface area contributed by atoms with Crippen molar-refractivity contribution in [2.75, 3.05) is 22.1 Å². The van der Waals surface area contributed by atoms with Gasteiger partial charge in [-0.2, -0.15) is 0 Å². The Hall–Kier alpha value is -4.39. The Kier molecular flexibility index (Phi) is 4.87. The van der Waals surface area contributed by atoms with Gasteiger partial charge in [0.15, 0.2) is 0 Å². The zero-order valence-electron chi connectivity index (χ0n) is 18.8. The van der Waals surface area contributed by atoms with Gasteiger partial charge in [0.05, 0.1) is 5.52 Å². The third kappa shape index (κ3) is 3.61. The lowest BCUT2D eigenvalue weighted by molar-refractivity contribution is 0.257. The second-order valence-corrected chi connectivity index (χ2v) is 8.59. The molecule has 3 aromatic carbocycles. The lowest BCUT2D eigenvalue weighted by Gasteiger charge is -2.19. The average Bonchev–Trinajstić information content (AvgIpc) is 3.44. The van der Waals surface area contributed by atoms with E-state index in [9.17, 15) is 4.79 Å². The highest BCUT2D eigenvalue weighted by Crippen LogP contribution is 2.33. The van der Waals surface area contributed by atoms with Crippen LogP contribution in [-0.4, -0.2) is 27.1 Å². The van der Waals surface area contributed by atoms with Gasteiger partial charge in [-0.1, -0.05) is 24.3 Å². The predicted octanol–water partition coefficient (Wildman–Crippen LogP) is 5.33. The van der Waals surface area contributed by atoms with Crippen LogP contribution in [0.1, 0.15) is 11.1 Å². The summed E-state index contributed by atoms with van der Waals surface area (Å²) in [5.74, 6) is 0.793. The van der Waals surface area contributed by atoms with Gasteiger partial charge < -0.3 is 15.2 Å². The summed E-state index contributed by atoms with van der Waals surface area (Å²) < 4.78 is 2.11. The molecule has 7 heteroatoms. The summed E-state index contributed by atoms with van der Waals surface area (Å²) in [5.41, 5.74) is 6.11. The second kappa shape index (κ2) is 8.19.